The number of hydrogen-bond acceptors (Lipinski definition) is 1. The van der Waals surface area contributed by atoms with Gasteiger partial charge < -0.3 is 5.32 Å². The van der Waals surface area contributed by atoms with Crippen molar-refractivity contribution in [1.29, 1.82) is 0 Å². The van der Waals surface area contributed by atoms with E-state index in [1.54, 1.807) is 0 Å². The van der Waals surface area contributed by atoms with Crippen molar-refractivity contribution >= 4 is 5.91 Å². The number of nitrogens with one attached hydrogen (secondary N) is 1. The van der Waals surface area contributed by atoms with E-state index in [1.807, 2.05) is 6.92 Å². The topological polar surface area (TPSA) is 29.1 Å². The Kier molecular flexibility index (Phi) is 1.24. The van der Waals surface area contributed by atoms with E-state index in [-0.39, 0.29) is 5.91 Å². The van der Waals surface area contributed by atoms with Gasteiger partial charge in [0.15, 0.2) is 0 Å². The van der Waals surface area contributed by atoms with Crippen LogP contribution in [0.1, 0.15) is 20.3 Å². The van der Waals surface area contributed by atoms with E-state index < -0.39 is 0 Å². The SMILES string of the molecule is C[C@H]1CC(=O)N[C@@H]1C. The lowest BCUT2D eigenvalue weighted by atomic mass is 10.1. The van der Waals surface area contributed by atoms with Crippen LogP contribution in [0, 0.1) is 5.92 Å². The van der Waals surface area contributed by atoms with Gasteiger partial charge in [0, 0.05) is 12.5 Å². The summed E-state index contributed by atoms with van der Waals surface area (Å²) in [6.45, 7) is 4.12. The highest BCUT2D eigenvalue weighted by Crippen LogP contribution is 2.13. The van der Waals surface area contributed by atoms with Crippen LogP contribution in [0.5, 0.6) is 0 Å². The molecule has 1 saturated heterocycles. The predicted octanol–water partition coefficient (Wildman–Crippen LogP) is 0.531. The maximum absolute atomic E-state index is 10.6. The van der Waals surface area contributed by atoms with E-state index in [0.29, 0.717) is 18.4 Å². The Hall–Kier alpha value is -0.530. The third kappa shape index (κ3) is 0.831. The summed E-state index contributed by atoms with van der Waals surface area (Å²) in [7, 11) is 0. The zero-order valence-electron chi connectivity index (χ0n) is 5.27. The minimum Gasteiger partial charge on any atom is -0.353 e. The summed E-state index contributed by atoms with van der Waals surface area (Å²) in [5, 5.41) is 2.83. The average molecular weight is 113 g/mol. The molecular weight excluding hydrogens is 102 g/mol. The number of rotatable bonds is 0. The molecule has 0 aromatic rings. The molecule has 1 fully saturated rings. The Balaban J connectivity index is 2.51. The molecule has 1 rings (SSSR count). The maximum Gasteiger partial charge on any atom is 0.220 e. The minimum atomic E-state index is 0.199. The summed E-state index contributed by atoms with van der Waals surface area (Å²) >= 11 is 0. The van der Waals surface area contributed by atoms with Crippen LogP contribution in [0.3, 0.4) is 0 Å². The largest absolute Gasteiger partial charge is 0.353 e. The van der Waals surface area contributed by atoms with E-state index in [4.69, 9.17) is 0 Å². The average Bonchev–Trinajstić information content (AvgIpc) is 1.85. The second-order valence-electron chi connectivity index (χ2n) is 2.54. The summed E-state index contributed by atoms with van der Waals surface area (Å²) in [6, 6.07) is 0.391. The fourth-order valence-electron chi connectivity index (χ4n) is 0.924. The third-order valence-electron chi connectivity index (χ3n) is 1.75. The molecule has 1 aliphatic rings. The molecule has 46 valence electrons. The van der Waals surface area contributed by atoms with Gasteiger partial charge in [0.25, 0.3) is 0 Å². The lowest BCUT2D eigenvalue weighted by molar-refractivity contribution is -0.119. The molecule has 0 bridgehead atoms. The first-order valence-electron chi connectivity index (χ1n) is 2.99. The van der Waals surface area contributed by atoms with Gasteiger partial charge in [-0.05, 0) is 12.8 Å². The van der Waals surface area contributed by atoms with Crippen molar-refractivity contribution in [3.8, 4) is 0 Å². The minimum absolute atomic E-state index is 0.199. The highest BCUT2D eigenvalue weighted by molar-refractivity contribution is 5.78. The molecule has 0 saturated carbocycles. The number of amides is 1. The van der Waals surface area contributed by atoms with E-state index >= 15 is 0 Å². The molecule has 8 heavy (non-hydrogen) atoms. The van der Waals surface area contributed by atoms with Gasteiger partial charge in [0.2, 0.25) is 5.91 Å². The van der Waals surface area contributed by atoms with Gasteiger partial charge >= 0.3 is 0 Å². The summed E-state index contributed by atoms with van der Waals surface area (Å²) in [6.07, 6.45) is 0.709. The van der Waals surface area contributed by atoms with Gasteiger partial charge in [0.1, 0.15) is 0 Å². The van der Waals surface area contributed by atoms with E-state index in [1.165, 1.54) is 0 Å². The molecule has 0 aromatic heterocycles. The van der Waals surface area contributed by atoms with Crippen molar-refractivity contribution < 1.29 is 4.79 Å². The van der Waals surface area contributed by atoms with Crippen LogP contribution in [-0.2, 0) is 4.79 Å². The zero-order valence-corrected chi connectivity index (χ0v) is 5.27. The highest BCUT2D eigenvalue weighted by atomic mass is 16.1. The van der Waals surface area contributed by atoms with Crippen molar-refractivity contribution in [2.75, 3.05) is 0 Å². The fourth-order valence-corrected chi connectivity index (χ4v) is 0.924. The second kappa shape index (κ2) is 1.77. The van der Waals surface area contributed by atoms with Crippen LogP contribution < -0.4 is 5.32 Å². The first-order chi connectivity index (χ1) is 3.70. The lowest BCUT2D eigenvalue weighted by Crippen LogP contribution is -2.24. The molecule has 1 N–H and O–H groups in total. The Morgan fingerprint density at radius 2 is 2.25 bits per heavy atom. The normalized spacial score (nSPS) is 37.5. The monoisotopic (exact) mass is 113 g/mol. The van der Waals surface area contributed by atoms with Crippen molar-refractivity contribution in [3.63, 3.8) is 0 Å². The molecular formula is C6H11NO. The van der Waals surface area contributed by atoms with E-state index in [0.717, 1.165) is 0 Å². The molecule has 2 nitrogen and oxygen atoms in total. The molecule has 0 aliphatic carbocycles. The van der Waals surface area contributed by atoms with Crippen LogP contribution in [0.15, 0.2) is 0 Å². The zero-order chi connectivity index (χ0) is 6.15. The Labute approximate surface area is 49.3 Å². The van der Waals surface area contributed by atoms with Gasteiger partial charge in [-0.1, -0.05) is 6.92 Å². The van der Waals surface area contributed by atoms with Gasteiger partial charge in [-0.25, -0.2) is 0 Å². The number of hydrogen-bond donors (Lipinski definition) is 1. The summed E-state index contributed by atoms with van der Waals surface area (Å²) in [4.78, 5) is 10.6. The first kappa shape index (κ1) is 5.60. The number of carbonyl (C=O) groups excluding carboxylic acids is 1. The molecule has 1 aliphatic heterocycles. The molecule has 1 heterocycles. The molecule has 1 amide bonds. The smallest absolute Gasteiger partial charge is 0.220 e. The van der Waals surface area contributed by atoms with Crippen LogP contribution >= 0.6 is 0 Å². The van der Waals surface area contributed by atoms with Crippen LogP contribution in [0.25, 0.3) is 0 Å². The quantitative estimate of drug-likeness (QED) is 0.488. The van der Waals surface area contributed by atoms with Gasteiger partial charge in [0.05, 0.1) is 0 Å². The van der Waals surface area contributed by atoms with E-state index in [2.05, 4.69) is 12.2 Å². The molecule has 2 heteroatoms. The van der Waals surface area contributed by atoms with Crippen molar-refractivity contribution in [2.24, 2.45) is 5.92 Å². The van der Waals surface area contributed by atoms with Crippen LogP contribution in [-0.4, -0.2) is 11.9 Å². The maximum atomic E-state index is 10.6. The Morgan fingerprint density at radius 1 is 1.62 bits per heavy atom. The third-order valence-corrected chi connectivity index (χ3v) is 1.75. The predicted molar refractivity (Wildman–Crippen MR) is 31.4 cm³/mol. The van der Waals surface area contributed by atoms with E-state index in [9.17, 15) is 4.79 Å². The van der Waals surface area contributed by atoms with Crippen LogP contribution in [0.4, 0.5) is 0 Å². The summed E-state index contributed by atoms with van der Waals surface area (Å²) in [5.74, 6) is 0.729. The second-order valence-corrected chi connectivity index (χ2v) is 2.54. The van der Waals surface area contributed by atoms with Gasteiger partial charge in [-0.2, -0.15) is 0 Å². The molecule has 0 unspecified atom stereocenters. The molecule has 2 atom stereocenters. The van der Waals surface area contributed by atoms with Gasteiger partial charge in [-0.15, -0.1) is 0 Å². The first-order valence-corrected chi connectivity index (χ1v) is 2.99. The summed E-state index contributed by atoms with van der Waals surface area (Å²) in [5.41, 5.74) is 0. The molecule has 0 spiro atoms. The standard InChI is InChI=1S/C6H11NO/c1-4-3-6(8)7-5(4)2/h4-5H,3H2,1-2H3,(H,7,8)/t4-,5+/m0/s1. The lowest BCUT2D eigenvalue weighted by Gasteiger charge is -2.04. The molecule has 0 radical (unpaired) electrons. The number of carbonyl (C=O) groups is 1. The Bertz CT molecular complexity index is 99.1. The fraction of sp³-hybridized carbons (Fsp3) is 0.833. The van der Waals surface area contributed by atoms with Gasteiger partial charge in [-0.3, -0.25) is 4.79 Å². The molecule has 0 aromatic carbocycles. The highest BCUT2D eigenvalue weighted by Gasteiger charge is 2.23. The van der Waals surface area contributed by atoms with Crippen molar-refractivity contribution in [3.05, 3.63) is 0 Å². The summed E-state index contributed by atoms with van der Waals surface area (Å²) < 4.78 is 0. The van der Waals surface area contributed by atoms with Crippen molar-refractivity contribution in [1.82, 2.24) is 5.32 Å². The van der Waals surface area contributed by atoms with Crippen LogP contribution in [0.2, 0.25) is 0 Å². The van der Waals surface area contributed by atoms with Crippen molar-refractivity contribution in [2.45, 2.75) is 26.3 Å². The Morgan fingerprint density at radius 3 is 2.38 bits per heavy atom.